The number of rotatable bonds is 3. The number of nitrogen functional groups attached to an aromatic ring is 1. The van der Waals surface area contributed by atoms with Crippen LogP contribution in [0.15, 0.2) is 12.5 Å². The Hall–Kier alpha value is -0.990. The van der Waals surface area contributed by atoms with Gasteiger partial charge in [-0.05, 0) is 6.42 Å². The molecule has 10 heavy (non-hydrogen) atoms. The SMILES string of the molecule is CCCCn1cnc(N)c1. The molecule has 3 heteroatoms. The van der Waals surface area contributed by atoms with Crippen molar-refractivity contribution in [3.8, 4) is 0 Å². The summed E-state index contributed by atoms with van der Waals surface area (Å²) in [6, 6.07) is 0. The molecule has 0 aliphatic rings. The third-order valence-electron chi connectivity index (χ3n) is 1.42. The molecule has 0 aliphatic heterocycles. The summed E-state index contributed by atoms with van der Waals surface area (Å²) in [4.78, 5) is 3.91. The number of aryl methyl sites for hydroxylation is 1. The number of aromatic nitrogens is 2. The molecular weight excluding hydrogens is 126 g/mol. The van der Waals surface area contributed by atoms with Crippen LogP contribution < -0.4 is 5.73 Å². The van der Waals surface area contributed by atoms with E-state index >= 15 is 0 Å². The lowest BCUT2D eigenvalue weighted by Crippen LogP contribution is -1.92. The second-order valence-corrected chi connectivity index (χ2v) is 2.39. The Kier molecular flexibility index (Phi) is 2.31. The number of unbranched alkanes of at least 4 members (excludes halogenated alkanes) is 1. The highest BCUT2D eigenvalue weighted by molar-refractivity contribution is 5.22. The smallest absolute Gasteiger partial charge is 0.141 e. The van der Waals surface area contributed by atoms with Crippen LogP contribution in [-0.4, -0.2) is 9.55 Å². The van der Waals surface area contributed by atoms with Crippen molar-refractivity contribution in [2.75, 3.05) is 5.73 Å². The second kappa shape index (κ2) is 3.25. The lowest BCUT2D eigenvalue weighted by atomic mass is 10.3. The lowest BCUT2D eigenvalue weighted by molar-refractivity contribution is 0.631. The first kappa shape index (κ1) is 7.12. The van der Waals surface area contributed by atoms with E-state index in [9.17, 15) is 0 Å². The minimum atomic E-state index is 0.608. The fourth-order valence-corrected chi connectivity index (χ4v) is 0.840. The highest BCUT2D eigenvalue weighted by Gasteiger charge is 1.90. The van der Waals surface area contributed by atoms with Crippen LogP contribution in [0.1, 0.15) is 19.8 Å². The Balaban J connectivity index is 2.42. The molecule has 0 unspecified atom stereocenters. The predicted molar refractivity (Wildman–Crippen MR) is 41.5 cm³/mol. The summed E-state index contributed by atoms with van der Waals surface area (Å²) in [6.07, 6.45) is 6.02. The van der Waals surface area contributed by atoms with Gasteiger partial charge in [0.1, 0.15) is 5.82 Å². The van der Waals surface area contributed by atoms with Crippen molar-refractivity contribution in [1.29, 1.82) is 0 Å². The van der Waals surface area contributed by atoms with E-state index in [1.54, 1.807) is 6.33 Å². The van der Waals surface area contributed by atoms with Gasteiger partial charge in [-0.25, -0.2) is 4.98 Å². The van der Waals surface area contributed by atoms with Gasteiger partial charge in [-0.1, -0.05) is 13.3 Å². The Morgan fingerprint density at radius 1 is 1.70 bits per heavy atom. The molecule has 3 nitrogen and oxygen atoms in total. The van der Waals surface area contributed by atoms with Crippen LogP contribution in [0.4, 0.5) is 5.82 Å². The average Bonchev–Trinajstić information content (AvgIpc) is 2.31. The zero-order valence-corrected chi connectivity index (χ0v) is 6.25. The molecule has 1 heterocycles. The molecule has 0 saturated heterocycles. The maximum Gasteiger partial charge on any atom is 0.141 e. The van der Waals surface area contributed by atoms with Crippen molar-refractivity contribution in [2.24, 2.45) is 0 Å². The van der Waals surface area contributed by atoms with Crippen LogP contribution in [0, 0.1) is 0 Å². The number of hydrogen-bond donors (Lipinski definition) is 1. The first-order valence-electron chi connectivity index (χ1n) is 3.60. The molecule has 1 rings (SSSR count). The molecule has 56 valence electrons. The summed E-state index contributed by atoms with van der Waals surface area (Å²) in [5, 5.41) is 0. The molecule has 0 bridgehead atoms. The van der Waals surface area contributed by atoms with Gasteiger partial charge in [0, 0.05) is 12.7 Å². The van der Waals surface area contributed by atoms with Gasteiger partial charge in [-0.2, -0.15) is 0 Å². The summed E-state index contributed by atoms with van der Waals surface area (Å²) in [6.45, 7) is 3.20. The summed E-state index contributed by atoms with van der Waals surface area (Å²) < 4.78 is 2.01. The van der Waals surface area contributed by atoms with Gasteiger partial charge in [0.2, 0.25) is 0 Å². The standard InChI is InChI=1S/C7H13N3/c1-2-3-4-10-5-7(8)9-6-10/h5-6H,2-4,8H2,1H3. The number of anilines is 1. The molecule has 0 aromatic carbocycles. The lowest BCUT2D eigenvalue weighted by Gasteiger charge is -1.96. The summed E-state index contributed by atoms with van der Waals surface area (Å²) in [5.74, 6) is 0.608. The number of imidazole rings is 1. The van der Waals surface area contributed by atoms with Crippen molar-refractivity contribution in [3.63, 3.8) is 0 Å². The Labute approximate surface area is 60.9 Å². The zero-order valence-electron chi connectivity index (χ0n) is 6.25. The average molecular weight is 139 g/mol. The number of nitrogens with two attached hydrogens (primary N) is 1. The van der Waals surface area contributed by atoms with E-state index in [2.05, 4.69) is 11.9 Å². The van der Waals surface area contributed by atoms with Gasteiger partial charge >= 0.3 is 0 Å². The summed E-state index contributed by atoms with van der Waals surface area (Å²) >= 11 is 0. The molecular formula is C7H13N3. The molecule has 1 aromatic rings. The Bertz CT molecular complexity index is 192. The summed E-state index contributed by atoms with van der Waals surface area (Å²) in [5.41, 5.74) is 5.42. The van der Waals surface area contributed by atoms with Gasteiger partial charge in [-0.3, -0.25) is 0 Å². The molecule has 0 amide bonds. The van der Waals surface area contributed by atoms with Crippen molar-refractivity contribution in [2.45, 2.75) is 26.3 Å². The molecule has 0 saturated carbocycles. The first-order chi connectivity index (χ1) is 4.83. The molecule has 0 atom stereocenters. The van der Waals surface area contributed by atoms with Crippen LogP contribution in [0.3, 0.4) is 0 Å². The maximum atomic E-state index is 5.42. The van der Waals surface area contributed by atoms with E-state index in [1.807, 2.05) is 10.8 Å². The topological polar surface area (TPSA) is 43.8 Å². The largest absolute Gasteiger partial charge is 0.382 e. The highest BCUT2D eigenvalue weighted by atomic mass is 15.1. The fraction of sp³-hybridized carbons (Fsp3) is 0.571. The molecule has 1 aromatic heterocycles. The normalized spacial score (nSPS) is 10.1. The van der Waals surface area contributed by atoms with E-state index in [0.717, 1.165) is 6.54 Å². The molecule has 2 N–H and O–H groups in total. The Morgan fingerprint density at radius 3 is 3.00 bits per heavy atom. The van der Waals surface area contributed by atoms with E-state index < -0.39 is 0 Å². The van der Waals surface area contributed by atoms with Crippen LogP contribution >= 0.6 is 0 Å². The van der Waals surface area contributed by atoms with Crippen LogP contribution in [-0.2, 0) is 6.54 Å². The van der Waals surface area contributed by atoms with Crippen LogP contribution in [0.2, 0.25) is 0 Å². The molecule has 0 fully saturated rings. The second-order valence-electron chi connectivity index (χ2n) is 2.39. The molecule has 0 aliphatic carbocycles. The van der Waals surface area contributed by atoms with Crippen molar-refractivity contribution in [1.82, 2.24) is 9.55 Å². The van der Waals surface area contributed by atoms with Crippen LogP contribution in [0.25, 0.3) is 0 Å². The van der Waals surface area contributed by atoms with Crippen molar-refractivity contribution < 1.29 is 0 Å². The van der Waals surface area contributed by atoms with E-state index in [1.165, 1.54) is 12.8 Å². The van der Waals surface area contributed by atoms with Crippen molar-refractivity contribution in [3.05, 3.63) is 12.5 Å². The highest BCUT2D eigenvalue weighted by Crippen LogP contribution is 1.98. The van der Waals surface area contributed by atoms with Gasteiger partial charge < -0.3 is 10.3 Å². The van der Waals surface area contributed by atoms with Gasteiger partial charge in [0.15, 0.2) is 0 Å². The Morgan fingerprint density at radius 2 is 2.50 bits per heavy atom. The van der Waals surface area contributed by atoms with Gasteiger partial charge in [0.05, 0.1) is 6.33 Å². The van der Waals surface area contributed by atoms with E-state index in [-0.39, 0.29) is 0 Å². The third kappa shape index (κ3) is 1.76. The molecule has 0 spiro atoms. The van der Waals surface area contributed by atoms with E-state index in [4.69, 9.17) is 5.73 Å². The third-order valence-corrected chi connectivity index (χ3v) is 1.42. The fourth-order valence-electron chi connectivity index (χ4n) is 0.840. The van der Waals surface area contributed by atoms with Gasteiger partial charge in [0.25, 0.3) is 0 Å². The quantitative estimate of drug-likeness (QED) is 0.685. The van der Waals surface area contributed by atoms with E-state index in [0.29, 0.717) is 5.82 Å². The summed E-state index contributed by atoms with van der Waals surface area (Å²) in [7, 11) is 0. The van der Waals surface area contributed by atoms with Gasteiger partial charge in [-0.15, -0.1) is 0 Å². The zero-order chi connectivity index (χ0) is 7.40. The minimum Gasteiger partial charge on any atom is -0.382 e. The predicted octanol–water partition coefficient (Wildman–Crippen LogP) is 1.27. The van der Waals surface area contributed by atoms with Crippen molar-refractivity contribution >= 4 is 5.82 Å². The number of hydrogen-bond acceptors (Lipinski definition) is 2. The monoisotopic (exact) mass is 139 g/mol. The van der Waals surface area contributed by atoms with Crippen LogP contribution in [0.5, 0.6) is 0 Å². The minimum absolute atomic E-state index is 0.608. The first-order valence-corrected chi connectivity index (χ1v) is 3.60. The number of nitrogens with zero attached hydrogens (tertiary/aromatic N) is 2. The maximum absolute atomic E-state index is 5.42. The molecule has 0 radical (unpaired) electrons.